The van der Waals surface area contributed by atoms with Crippen LogP contribution in [-0.2, 0) is 4.74 Å². The van der Waals surface area contributed by atoms with Gasteiger partial charge in [0.05, 0.1) is 0 Å². The summed E-state index contributed by atoms with van der Waals surface area (Å²) >= 11 is 2.00. The summed E-state index contributed by atoms with van der Waals surface area (Å²) in [5.41, 5.74) is 1.43. The van der Waals surface area contributed by atoms with Crippen molar-refractivity contribution in [3.8, 4) is 0 Å². The van der Waals surface area contributed by atoms with Crippen LogP contribution in [0, 0.1) is 0 Å². The zero-order chi connectivity index (χ0) is 12.5. The zero-order valence-corrected chi connectivity index (χ0v) is 14.7. The Morgan fingerprint density at radius 1 is 1.28 bits per heavy atom. The Morgan fingerprint density at radius 3 is 2.44 bits per heavy atom. The van der Waals surface area contributed by atoms with Crippen molar-refractivity contribution in [2.24, 2.45) is 0 Å². The molecule has 0 saturated carbocycles. The molecule has 0 aliphatic carbocycles. The summed E-state index contributed by atoms with van der Waals surface area (Å²) in [7, 11) is 4.27. The molecule has 0 radical (unpaired) electrons. The number of ether oxygens (including phenoxy) is 1. The Labute approximate surface area is 132 Å². The zero-order valence-electron chi connectivity index (χ0n) is 11.7. The second-order valence-corrected chi connectivity index (χ2v) is 7.23. The number of rotatable bonds is 1. The minimum Gasteiger partial charge on any atom is -1.00 e. The molecule has 18 heavy (non-hydrogen) atoms. The van der Waals surface area contributed by atoms with Gasteiger partial charge in [0, 0.05) is 37.0 Å². The van der Waals surface area contributed by atoms with Gasteiger partial charge >= 0.3 is 0 Å². The van der Waals surface area contributed by atoms with Crippen molar-refractivity contribution in [1.29, 1.82) is 0 Å². The predicted octanol–water partition coefficient (Wildman–Crippen LogP) is -1.21. The van der Waals surface area contributed by atoms with E-state index in [4.69, 9.17) is 4.74 Å². The van der Waals surface area contributed by atoms with E-state index < -0.39 is 0 Å². The largest absolute Gasteiger partial charge is 1.00 e. The normalized spacial score (nSPS) is 23.2. The van der Waals surface area contributed by atoms with Gasteiger partial charge in [-0.1, -0.05) is 11.8 Å². The smallest absolute Gasteiger partial charge is 0.237 e. The minimum absolute atomic E-state index is 0. The molecule has 0 spiro atoms. The van der Waals surface area contributed by atoms with Crippen LogP contribution in [0.15, 0.2) is 11.8 Å². The third-order valence-electron chi connectivity index (χ3n) is 3.17. The first-order chi connectivity index (χ1) is 7.98. The lowest BCUT2D eigenvalue weighted by atomic mass is 10.1. The Kier molecular flexibility index (Phi) is 5.99. The van der Waals surface area contributed by atoms with Crippen LogP contribution in [0.2, 0.25) is 0 Å². The van der Waals surface area contributed by atoms with E-state index in [0.717, 1.165) is 32.7 Å². The molecule has 0 atom stereocenters. The van der Waals surface area contributed by atoms with Crippen molar-refractivity contribution < 1.29 is 33.3 Å². The van der Waals surface area contributed by atoms with Crippen molar-refractivity contribution in [2.75, 3.05) is 40.4 Å². The summed E-state index contributed by atoms with van der Waals surface area (Å²) in [6.07, 6.45) is 3.49. The van der Waals surface area contributed by atoms with Crippen molar-refractivity contribution in [1.82, 2.24) is 4.90 Å². The topological polar surface area (TPSA) is 15.5 Å². The maximum atomic E-state index is 5.42. The molecule has 0 unspecified atom stereocenters. The highest BCUT2D eigenvalue weighted by molar-refractivity contribution is 8.15. The van der Waals surface area contributed by atoms with E-state index in [9.17, 15) is 0 Å². The van der Waals surface area contributed by atoms with Crippen LogP contribution in [0.25, 0.3) is 0 Å². The molecule has 5 heteroatoms. The molecule has 2 heterocycles. The number of morpholine rings is 1. The number of thioether (sulfide) groups is 1. The van der Waals surface area contributed by atoms with Crippen molar-refractivity contribution in [3.63, 3.8) is 0 Å². The van der Waals surface area contributed by atoms with Gasteiger partial charge in [0.1, 0.15) is 13.2 Å². The maximum Gasteiger partial charge on any atom is 0.237 e. The van der Waals surface area contributed by atoms with Gasteiger partial charge in [0.25, 0.3) is 0 Å². The Bertz CT molecular complexity index is 356. The molecule has 2 rings (SSSR count). The third kappa shape index (κ3) is 4.13. The molecule has 0 aromatic carbocycles. The molecule has 2 aliphatic rings. The molecular weight excluding hydrogens is 359 g/mol. The summed E-state index contributed by atoms with van der Waals surface area (Å²) in [4.78, 5) is 2.24. The van der Waals surface area contributed by atoms with E-state index in [-0.39, 0.29) is 24.0 Å². The molecule has 0 amide bonds. The number of hydrogen-bond acceptors (Lipinski definition) is 3. The summed E-state index contributed by atoms with van der Waals surface area (Å²) < 4.78 is 8.17. The minimum atomic E-state index is 0. The fourth-order valence-electron chi connectivity index (χ4n) is 2.21. The van der Waals surface area contributed by atoms with Crippen LogP contribution in [0.3, 0.4) is 0 Å². The number of hydrogen-bond donors (Lipinski definition) is 0. The van der Waals surface area contributed by atoms with Crippen LogP contribution < -0.4 is 24.0 Å². The Balaban J connectivity index is 0.00000162. The maximum absolute atomic E-state index is 5.42. The molecular formula is C13H23IN2OS. The predicted molar refractivity (Wildman–Crippen MR) is 73.9 cm³/mol. The van der Waals surface area contributed by atoms with Gasteiger partial charge in [-0.15, -0.1) is 0 Å². The van der Waals surface area contributed by atoms with Gasteiger partial charge in [0.2, 0.25) is 5.04 Å². The highest BCUT2D eigenvalue weighted by Gasteiger charge is 2.33. The van der Waals surface area contributed by atoms with Gasteiger partial charge < -0.3 is 33.6 Å². The van der Waals surface area contributed by atoms with E-state index in [2.05, 4.69) is 43.5 Å². The number of allylic oxidation sites excluding steroid dienone is 1. The lowest BCUT2D eigenvalue weighted by Gasteiger charge is -2.32. The second-order valence-electron chi connectivity index (χ2n) is 5.51. The second kappa shape index (κ2) is 6.61. The van der Waals surface area contributed by atoms with Crippen LogP contribution in [-0.4, -0.2) is 59.7 Å². The van der Waals surface area contributed by atoms with Crippen LogP contribution in [0.1, 0.15) is 20.3 Å². The molecule has 0 aromatic heterocycles. The highest BCUT2D eigenvalue weighted by atomic mass is 127. The van der Waals surface area contributed by atoms with Gasteiger partial charge in [0.15, 0.2) is 13.1 Å². The van der Waals surface area contributed by atoms with Crippen molar-refractivity contribution >= 4 is 16.8 Å². The molecule has 0 bridgehead atoms. The number of nitrogens with zero attached hydrogens (tertiary/aromatic N) is 2. The monoisotopic (exact) mass is 382 g/mol. The molecule has 1 fully saturated rings. The average molecular weight is 382 g/mol. The van der Waals surface area contributed by atoms with Crippen LogP contribution >= 0.6 is 11.8 Å². The van der Waals surface area contributed by atoms with Crippen LogP contribution in [0.5, 0.6) is 0 Å². The first-order valence-electron chi connectivity index (χ1n) is 6.24. The summed E-state index contributed by atoms with van der Waals surface area (Å²) in [6.45, 7) is 8.42. The third-order valence-corrected chi connectivity index (χ3v) is 4.46. The summed E-state index contributed by atoms with van der Waals surface area (Å²) in [5.74, 6) is 0. The van der Waals surface area contributed by atoms with Gasteiger partial charge in [-0.05, 0) is 13.8 Å². The first-order valence-corrected chi connectivity index (χ1v) is 7.06. The van der Waals surface area contributed by atoms with Gasteiger partial charge in [-0.2, -0.15) is 0 Å². The molecule has 0 aromatic rings. The SMILES string of the molecule is CN(C)C1=CC(=[N+]2CCOCC2)SC(C)(C)C1.[I-]. The van der Waals surface area contributed by atoms with Gasteiger partial charge in [-0.3, -0.25) is 0 Å². The van der Waals surface area contributed by atoms with Crippen molar-refractivity contribution in [3.05, 3.63) is 11.8 Å². The van der Waals surface area contributed by atoms with E-state index in [1.165, 1.54) is 10.7 Å². The van der Waals surface area contributed by atoms with Crippen molar-refractivity contribution in [2.45, 2.75) is 25.0 Å². The highest BCUT2D eigenvalue weighted by Crippen LogP contribution is 2.37. The lowest BCUT2D eigenvalue weighted by Crippen LogP contribution is -3.00. The summed E-state index contributed by atoms with van der Waals surface area (Å²) in [5, 5.41) is 1.41. The molecule has 104 valence electrons. The molecule has 1 saturated heterocycles. The van der Waals surface area contributed by atoms with E-state index in [1.807, 2.05) is 11.8 Å². The van der Waals surface area contributed by atoms with Crippen LogP contribution in [0.4, 0.5) is 0 Å². The Hall–Kier alpha value is 0.250. The molecule has 3 nitrogen and oxygen atoms in total. The Morgan fingerprint density at radius 2 is 1.89 bits per heavy atom. The quantitative estimate of drug-likeness (QED) is 0.418. The molecule has 0 N–H and O–H groups in total. The van der Waals surface area contributed by atoms with Gasteiger partial charge in [-0.25, -0.2) is 4.58 Å². The molecule has 2 aliphatic heterocycles. The van der Waals surface area contributed by atoms with E-state index in [0.29, 0.717) is 4.75 Å². The fraction of sp³-hybridized carbons (Fsp3) is 0.769. The first kappa shape index (κ1) is 16.3. The average Bonchev–Trinajstić information content (AvgIpc) is 2.28. The standard InChI is InChI=1S/C13H23N2OS.HI/c1-13(2)10-11(14(3)4)9-12(17-13)15-5-7-16-8-6-15;/h9H,5-8,10H2,1-4H3;1H/q+1;/p-1. The van der Waals surface area contributed by atoms with E-state index >= 15 is 0 Å². The van der Waals surface area contributed by atoms with E-state index in [1.54, 1.807) is 0 Å². The summed E-state index contributed by atoms with van der Waals surface area (Å²) in [6, 6.07) is 0. The lowest BCUT2D eigenvalue weighted by molar-refractivity contribution is -0.546. The number of halogens is 1. The fourth-order valence-corrected chi connectivity index (χ4v) is 3.50.